The fraction of sp³-hybridized carbons (Fsp3) is 0.641. The summed E-state index contributed by atoms with van der Waals surface area (Å²) in [5, 5.41) is 0.705. The molecule has 2 aromatic rings. The molecular formula is C39H57ClF2N3O3+. The third-order valence-electron chi connectivity index (χ3n) is 9.99. The van der Waals surface area contributed by atoms with Gasteiger partial charge in [-0.15, -0.1) is 0 Å². The van der Waals surface area contributed by atoms with Crippen LogP contribution in [0.15, 0.2) is 42.5 Å². The van der Waals surface area contributed by atoms with E-state index in [2.05, 4.69) is 53.6 Å². The number of carbonyl (C=O) groups is 1. The predicted molar refractivity (Wildman–Crippen MR) is 191 cm³/mol. The first-order valence-corrected chi connectivity index (χ1v) is 18.1. The number of carbonyl (C=O) groups excluding carboxylic acids is 1. The topological polar surface area (TPSA) is 45.0 Å². The van der Waals surface area contributed by atoms with E-state index in [1.165, 1.54) is 12.6 Å². The van der Waals surface area contributed by atoms with Crippen LogP contribution in [-0.4, -0.2) is 90.7 Å². The lowest BCUT2D eigenvalue weighted by Crippen LogP contribution is -2.41. The van der Waals surface area contributed by atoms with Gasteiger partial charge in [0, 0.05) is 48.9 Å². The second-order valence-electron chi connectivity index (χ2n) is 15.0. The molecule has 6 nitrogen and oxygen atoms in total. The summed E-state index contributed by atoms with van der Waals surface area (Å²) in [7, 11) is 6.31. The Bertz CT molecular complexity index is 1410. The van der Waals surface area contributed by atoms with E-state index in [0.717, 1.165) is 67.4 Å². The van der Waals surface area contributed by atoms with Gasteiger partial charge in [0.1, 0.15) is 24.7 Å². The first-order valence-electron chi connectivity index (χ1n) is 17.7. The zero-order valence-electron chi connectivity index (χ0n) is 30.3. The maximum atomic E-state index is 14.1. The number of nitrogens with zero attached hydrogens (tertiary/aromatic N) is 3. The van der Waals surface area contributed by atoms with Gasteiger partial charge in [0.05, 0.1) is 6.10 Å². The third kappa shape index (κ3) is 10.3. The van der Waals surface area contributed by atoms with Gasteiger partial charge in [-0.2, -0.15) is 8.78 Å². The highest BCUT2D eigenvalue weighted by atomic mass is 35.5. The van der Waals surface area contributed by atoms with Gasteiger partial charge in [0.25, 0.3) is 0 Å². The van der Waals surface area contributed by atoms with Crippen molar-refractivity contribution in [2.24, 2.45) is 0 Å². The van der Waals surface area contributed by atoms with Crippen LogP contribution >= 0.6 is 11.6 Å². The first kappa shape index (κ1) is 38.4. The highest BCUT2D eigenvalue weighted by molar-refractivity contribution is 6.31. The molecule has 0 aromatic heterocycles. The molecular weight excluding hydrogens is 632 g/mol. The average molecular weight is 689 g/mol. The number of hydrogen-bond acceptors (Lipinski definition) is 5. The van der Waals surface area contributed by atoms with E-state index in [9.17, 15) is 13.6 Å². The van der Waals surface area contributed by atoms with Crippen molar-refractivity contribution in [3.05, 3.63) is 69.7 Å². The van der Waals surface area contributed by atoms with Crippen LogP contribution < -0.4 is 0 Å². The van der Waals surface area contributed by atoms with Crippen LogP contribution in [0, 0.1) is 6.92 Å². The summed E-state index contributed by atoms with van der Waals surface area (Å²) < 4.78 is 41.8. The Balaban J connectivity index is 1.64. The zero-order valence-corrected chi connectivity index (χ0v) is 31.1. The Labute approximate surface area is 292 Å². The standard InChI is InChI=1S/C39H57ClF2N3O3/c1-9-39(41,42)47-32-18-16-28(17-19-32)35-27(2)12-10-15-33(35)36(37(46)48-38(3,4)5)44(8)23-22-34(29-13-11-14-30(40)26-29)45-24-20-31(21-25-45)43(6)7/h10-15,26,28,31-32,36H,9,16-25H2,1-8H3/q+1. The number of likely N-dealkylation sites (N-methyl/N-ethyl adjacent to an activating group) is 1. The van der Waals surface area contributed by atoms with Crippen molar-refractivity contribution in [3.8, 4) is 0 Å². The molecule has 1 saturated heterocycles. The van der Waals surface area contributed by atoms with Crippen molar-refractivity contribution in [3.63, 3.8) is 0 Å². The maximum Gasteiger partial charge on any atom is 0.355 e. The van der Waals surface area contributed by atoms with Gasteiger partial charge in [-0.3, -0.25) is 4.90 Å². The van der Waals surface area contributed by atoms with Gasteiger partial charge >= 0.3 is 12.1 Å². The molecule has 0 radical (unpaired) electrons. The predicted octanol–water partition coefficient (Wildman–Crippen LogP) is 8.62. The van der Waals surface area contributed by atoms with Gasteiger partial charge in [-0.25, -0.2) is 9.37 Å². The minimum absolute atomic E-state index is 0.140. The Kier molecular flexibility index (Phi) is 13.2. The minimum atomic E-state index is -3.10. The molecule has 2 fully saturated rings. The monoisotopic (exact) mass is 688 g/mol. The Hall–Kier alpha value is -2.39. The number of piperidine rings is 1. The van der Waals surface area contributed by atoms with Crippen molar-refractivity contribution in [2.75, 3.05) is 40.8 Å². The summed E-state index contributed by atoms with van der Waals surface area (Å²) in [6.45, 7) is 11.8. The number of alkyl halides is 2. The van der Waals surface area contributed by atoms with Gasteiger partial charge in [0.15, 0.2) is 5.71 Å². The van der Waals surface area contributed by atoms with Crippen LogP contribution in [0.25, 0.3) is 0 Å². The summed E-state index contributed by atoms with van der Waals surface area (Å²) >= 11 is 6.49. The summed E-state index contributed by atoms with van der Waals surface area (Å²) in [6.07, 6.45) is 1.59. The molecule has 1 heterocycles. The number of esters is 1. The number of benzene rings is 2. The molecule has 0 spiro atoms. The molecule has 0 bridgehead atoms. The van der Waals surface area contributed by atoms with E-state index >= 15 is 0 Å². The molecule has 0 amide bonds. The lowest BCUT2D eigenvalue weighted by Gasteiger charge is -2.36. The van der Waals surface area contributed by atoms with Crippen molar-refractivity contribution < 1.29 is 27.6 Å². The highest BCUT2D eigenvalue weighted by Gasteiger charge is 2.38. The normalized spacial score (nSPS) is 21.4. The molecule has 4 rings (SSSR count). The van der Waals surface area contributed by atoms with Crippen LogP contribution in [-0.2, 0) is 14.3 Å². The number of hydrogen-bond donors (Lipinski definition) is 0. The second-order valence-corrected chi connectivity index (χ2v) is 15.4. The molecule has 2 aromatic carbocycles. The summed E-state index contributed by atoms with van der Waals surface area (Å²) in [5.41, 5.74) is 4.85. The van der Waals surface area contributed by atoms with Crippen molar-refractivity contribution >= 4 is 23.3 Å². The quantitative estimate of drug-likeness (QED) is 0.165. The van der Waals surface area contributed by atoms with Crippen molar-refractivity contribution in [1.29, 1.82) is 0 Å². The van der Waals surface area contributed by atoms with E-state index in [0.29, 0.717) is 30.5 Å². The first-order chi connectivity index (χ1) is 22.6. The van der Waals surface area contributed by atoms with E-state index in [1.54, 1.807) is 0 Å². The number of rotatable bonds is 12. The second kappa shape index (κ2) is 16.5. The Morgan fingerprint density at radius 1 is 1.00 bits per heavy atom. The van der Waals surface area contributed by atoms with Gasteiger partial charge in [-0.1, -0.05) is 42.8 Å². The van der Waals surface area contributed by atoms with Gasteiger partial charge < -0.3 is 14.4 Å². The lowest BCUT2D eigenvalue weighted by molar-refractivity contribution is -0.540. The van der Waals surface area contributed by atoms with Crippen molar-refractivity contribution in [2.45, 2.75) is 122 Å². The Morgan fingerprint density at radius 2 is 1.65 bits per heavy atom. The van der Waals surface area contributed by atoms with Gasteiger partial charge in [0.2, 0.25) is 0 Å². The fourth-order valence-corrected chi connectivity index (χ4v) is 7.60. The zero-order chi connectivity index (χ0) is 35.2. The Morgan fingerprint density at radius 3 is 2.23 bits per heavy atom. The smallest absolute Gasteiger partial charge is 0.355 e. The molecule has 1 aliphatic heterocycles. The van der Waals surface area contributed by atoms with Gasteiger partial charge in [-0.05, 0) is 115 Å². The molecule has 1 unspecified atom stereocenters. The molecule has 266 valence electrons. The average Bonchev–Trinajstić information content (AvgIpc) is 3.01. The van der Waals surface area contributed by atoms with E-state index in [1.807, 2.05) is 52.1 Å². The molecule has 0 N–H and O–H groups in total. The molecule has 48 heavy (non-hydrogen) atoms. The van der Waals surface area contributed by atoms with Crippen LogP contribution in [0.4, 0.5) is 8.78 Å². The molecule has 1 aliphatic carbocycles. The van der Waals surface area contributed by atoms with E-state index < -0.39 is 23.9 Å². The van der Waals surface area contributed by atoms with Crippen LogP contribution in [0.2, 0.25) is 5.02 Å². The van der Waals surface area contributed by atoms with Crippen molar-refractivity contribution in [1.82, 2.24) is 9.80 Å². The summed E-state index contributed by atoms with van der Waals surface area (Å²) in [5.74, 6) is -0.145. The highest BCUT2D eigenvalue weighted by Crippen LogP contribution is 2.42. The molecule has 1 saturated carbocycles. The number of ether oxygens (including phenoxy) is 2. The lowest BCUT2D eigenvalue weighted by atomic mass is 9.77. The SMILES string of the molecule is CCC(F)(F)OC1CCC(c2c(C)cccc2C(C(=O)OC(C)(C)C)N(C)CCC(c2cccc(Cl)c2)=[N+]2CCC(N(C)C)CC2)CC1. The summed E-state index contributed by atoms with van der Waals surface area (Å²) in [6, 6.07) is 14.1. The number of aryl methyl sites for hydroxylation is 1. The fourth-order valence-electron chi connectivity index (χ4n) is 7.41. The van der Waals surface area contributed by atoms with E-state index in [4.69, 9.17) is 21.1 Å². The van der Waals surface area contributed by atoms with Crippen LogP contribution in [0.5, 0.6) is 0 Å². The molecule has 2 aliphatic rings. The summed E-state index contributed by atoms with van der Waals surface area (Å²) in [4.78, 5) is 18.6. The minimum Gasteiger partial charge on any atom is -0.459 e. The van der Waals surface area contributed by atoms with Crippen LogP contribution in [0.3, 0.4) is 0 Å². The third-order valence-corrected chi connectivity index (χ3v) is 10.2. The maximum absolute atomic E-state index is 14.1. The van der Waals surface area contributed by atoms with Crippen LogP contribution in [0.1, 0.15) is 113 Å². The molecule has 1 atom stereocenters. The largest absolute Gasteiger partial charge is 0.459 e. The number of halogens is 3. The molecule has 9 heteroatoms. The van der Waals surface area contributed by atoms with E-state index in [-0.39, 0.29) is 18.3 Å².